The van der Waals surface area contributed by atoms with E-state index in [-0.39, 0.29) is 5.69 Å². The summed E-state index contributed by atoms with van der Waals surface area (Å²) in [5, 5.41) is 14.9. The maximum atomic E-state index is 12.2. The first-order valence-electron chi connectivity index (χ1n) is 9.49. The van der Waals surface area contributed by atoms with E-state index in [4.69, 9.17) is 4.74 Å². The molecule has 2 aromatic rings. The number of quaternary nitrogens is 1. The van der Waals surface area contributed by atoms with Crippen molar-refractivity contribution in [2.75, 3.05) is 20.2 Å². The standard InChI is InChI=1S/C21H26N4O4/c1-5-24(6-2)14-18-13-17(9-12-20(18)29-4)15(3)22-23-21(26)16-7-10-19(11-8-16)25(27)28/h7-13H,5-6,14H2,1-4H3,(H,23,26)/p+1/b22-15-. The molecule has 1 amide bonds. The first kappa shape index (κ1) is 22.0. The van der Waals surface area contributed by atoms with Crippen LogP contribution in [0.3, 0.4) is 0 Å². The van der Waals surface area contributed by atoms with Crippen molar-refractivity contribution >= 4 is 17.3 Å². The Bertz CT molecular complexity index is 890. The van der Waals surface area contributed by atoms with E-state index >= 15 is 0 Å². The second kappa shape index (κ2) is 10.3. The van der Waals surface area contributed by atoms with Gasteiger partial charge >= 0.3 is 0 Å². The van der Waals surface area contributed by atoms with Crippen LogP contribution in [0.2, 0.25) is 0 Å². The van der Waals surface area contributed by atoms with Gasteiger partial charge in [0.05, 0.1) is 30.8 Å². The van der Waals surface area contributed by atoms with Crippen LogP contribution in [-0.4, -0.2) is 36.7 Å². The fourth-order valence-electron chi connectivity index (χ4n) is 2.91. The van der Waals surface area contributed by atoms with Crippen LogP contribution >= 0.6 is 0 Å². The van der Waals surface area contributed by atoms with Crippen LogP contribution in [0.15, 0.2) is 47.6 Å². The molecule has 0 aliphatic heterocycles. The van der Waals surface area contributed by atoms with Crippen molar-refractivity contribution in [2.24, 2.45) is 5.10 Å². The molecule has 0 aliphatic carbocycles. The Morgan fingerprint density at radius 2 is 1.76 bits per heavy atom. The molecule has 2 rings (SSSR count). The predicted molar refractivity (Wildman–Crippen MR) is 112 cm³/mol. The summed E-state index contributed by atoms with van der Waals surface area (Å²) in [6.45, 7) is 8.98. The topological polar surface area (TPSA) is 98.3 Å². The van der Waals surface area contributed by atoms with Crippen molar-refractivity contribution in [1.29, 1.82) is 0 Å². The SMILES string of the molecule is CC[NH+](CC)Cc1cc(/C(C)=N\NC(=O)c2ccc([N+](=O)[O-])cc2)ccc1OC. The van der Waals surface area contributed by atoms with Gasteiger partial charge in [0, 0.05) is 23.3 Å². The third kappa shape index (κ3) is 5.86. The van der Waals surface area contributed by atoms with Gasteiger partial charge in [-0.1, -0.05) is 0 Å². The molecular weight excluding hydrogens is 372 g/mol. The third-order valence-electron chi connectivity index (χ3n) is 4.80. The Balaban J connectivity index is 2.15. The highest BCUT2D eigenvalue weighted by molar-refractivity contribution is 6.01. The summed E-state index contributed by atoms with van der Waals surface area (Å²) in [6.07, 6.45) is 0. The van der Waals surface area contributed by atoms with Crippen LogP contribution < -0.4 is 15.1 Å². The van der Waals surface area contributed by atoms with Gasteiger partial charge in [-0.2, -0.15) is 5.10 Å². The van der Waals surface area contributed by atoms with Crippen molar-refractivity contribution in [1.82, 2.24) is 5.43 Å². The van der Waals surface area contributed by atoms with E-state index in [1.165, 1.54) is 29.2 Å². The normalized spacial score (nSPS) is 11.4. The maximum absolute atomic E-state index is 12.2. The number of nitrogens with zero attached hydrogens (tertiary/aromatic N) is 2. The molecule has 29 heavy (non-hydrogen) atoms. The van der Waals surface area contributed by atoms with Crippen LogP contribution in [0.4, 0.5) is 5.69 Å². The highest BCUT2D eigenvalue weighted by atomic mass is 16.6. The molecular formula is C21H27N4O4+. The minimum absolute atomic E-state index is 0.0673. The molecule has 0 spiro atoms. The zero-order valence-corrected chi connectivity index (χ0v) is 17.2. The predicted octanol–water partition coefficient (Wildman–Crippen LogP) is 2.18. The van der Waals surface area contributed by atoms with Gasteiger partial charge in [0.15, 0.2) is 0 Å². The third-order valence-corrected chi connectivity index (χ3v) is 4.80. The Kier molecular flexibility index (Phi) is 7.85. The van der Waals surface area contributed by atoms with Crippen LogP contribution in [0.1, 0.15) is 42.3 Å². The van der Waals surface area contributed by atoms with E-state index in [9.17, 15) is 14.9 Å². The fraction of sp³-hybridized carbons (Fsp3) is 0.333. The summed E-state index contributed by atoms with van der Waals surface area (Å²) in [4.78, 5) is 23.9. The molecule has 2 aromatic carbocycles. The molecule has 0 atom stereocenters. The molecule has 2 N–H and O–H groups in total. The average molecular weight is 399 g/mol. The Morgan fingerprint density at radius 1 is 1.14 bits per heavy atom. The van der Waals surface area contributed by atoms with Gasteiger partial charge in [-0.15, -0.1) is 0 Å². The van der Waals surface area contributed by atoms with Crippen molar-refractivity contribution in [3.05, 3.63) is 69.3 Å². The van der Waals surface area contributed by atoms with Gasteiger partial charge in [-0.25, -0.2) is 5.43 Å². The first-order chi connectivity index (χ1) is 13.9. The van der Waals surface area contributed by atoms with Crippen molar-refractivity contribution in [2.45, 2.75) is 27.3 Å². The Morgan fingerprint density at radius 3 is 2.31 bits per heavy atom. The molecule has 8 nitrogen and oxygen atoms in total. The highest BCUT2D eigenvalue weighted by Gasteiger charge is 2.13. The maximum Gasteiger partial charge on any atom is 0.271 e. The lowest BCUT2D eigenvalue weighted by Crippen LogP contribution is -3.10. The largest absolute Gasteiger partial charge is 0.496 e. The summed E-state index contributed by atoms with van der Waals surface area (Å²) in [5.74, 6) is 0.399. The van der Waals surface area contributed by atoms with Crippen molar-refractivity contribution < 1.29 is 19.4 Å². The number of hydrogen-bond acceptors (Lipinski definition) is 5. The number of rotatable bonds is 9. The van der Waals surface area contributed by atoms with Gasteiger partial charge in [0.1, 0.15) is 12.3 Å². The molecule has 0 aliphatic rings. The quantitative estimate of drug-likeness (QED) is 0.384. The van der Waals surface area contributed by atoms with Gasteiger partial charge in [-0.3, -0.25) is 14.9 Å². The summed E-state index contributed by atoms with van der Waals surface area (Å²) >= 11 is 0. The zero-order valence-electron chi connectivity index (χ0n) is 17.2. The number of carbonyl (C=O) groups is 1. The molecule has 0 unspecified atom stereocenters. The molecule has 0 heterocycles. The van der Waals surface area contributed by atoms with E-state index < -0.39 is 10.8 Å². The van der Waals surface area contributed by atoms with Crippen LogP contribution in [0.25, 0.3) is 0 Å². The number of non-ortho nitro benzene ring substituents is 1. The molecule has 0 saturated heterocycles. The molecule has 0 saturated carbocycles. The number of nitro groups is 1. The number of amides is 1. The minimum Gasteiger partial charge on any atom is -0.496 e. The number of benzene rings is 2. The van der Waals surface area contributed by atoms with Gasteiger partial charge in [0.2, 0.25) is 0 Å². The second-order valence-electron chi connectivity index (χ2n) is 6.60. The molecule has 0 radical (unpaired) electrons. The lowest BCUT2D eigenvalue weighted by atomic mass is 10.1. The Hall–Kier alpha value is -3.26. The number of methoxy groups -OCH3 is 1. The molecule has 154 valence electrons. The number of hydrazone groups is 1. The number of nitro benzene ring substituents is 1. The molecule has 0 fully saturated rings. The smallest absolute Gasteiger partial charge is 0.271 e. The second-order valence-corrected chi connectivity index (χ2v) is 6.60. The number of ether oxygens (including phenoxy) is 1. The monoisotopic (exact) mass is 399 g/mol. The summed E-state index contributed by atoms with van der Waals surface area (Å²) in [7, 11) is 1.65. The molecule has 0 bridgehead atoms. The number of carbonyl (C=O) groups excluding carboxylic acids is 1. The van der Waals surface area contributed by atoms with E-state index in [1.54, 1.807) is 7.11 Å². The number of nitrogens with one attached hydrogen (secondary N) is 2. The lowest BCUT2D eigenvalue weighted by Gasteiger charge is -2.18. The Labute approximate surface area is 170 Å². The van der Waals surface area contributed by atoms with Gasteiger partial charge in [-0.05, 0) is 56.7 Å². The average Bonchev–Trinajstić information content (AvgIpc) is 2.75. The first-order valence-corrected chi connectivity index (χ1v) is 9.49. The summed E-state index contributed by atoms with van der Waals surface area (Å²) in [5.41, 5.74) is 5.35. The van der Waals surface area contributed by atoms with E-state index in [2.05, 4.69) is 24.4 Å². The zero-order chi connectivity index (χ0) is 21.4. The number of hydrogen-bond donors (Lipinski definition) is 2. The van der Waals surface area contributed by atoms with Crippen LogP contribution in [-0.2, 0) is 6.54 Å². The highest BCUT2D eigenvalue weighted by Crippen LogP contribution is 2.20. The van der Waals surface area contributed by atoms with Gasteiger partial charge in [0.25, 0.3) is 11.6 Å². The van der Waals surface area contributed by atoms with Crippen LogP contribution in [0.5, 0.6) is 5.75 Å². The van der Waals surface area contributed by atoms with Crippen molar-refractivity contribution in [3.63, 3.8) is 0 Å². The molecule has 8 heteroatoms. The molecule has 0 aromatic heterocycles. The summed E-state index contributed by atoms with van der Waals surface area (Å²) < 4.78 is 5.48. The van der Waals surface area contributed by atoms with Crippen molar-refractivity contribution in [3.8, 4) is 5.75 Å². The van der Waals surface area contributed by atoms with E-state index in [0.29, 0.717) is 11.3 Å². The summed E-state index contributed by atoms with van der Waals surface area (Å²) in [6, 6.07) is 11.2. The van der Waals surface area contributed by atoms with E-state index in [1.807, 2.05) is 25.1 Å². The minimum atomic E-state index is -0.509. The van der Waals surface area contributed by atoms with Crippen LogP contribution in [0, 0.1) is 10.1 Å². The lowest BCUT2D eigenvalue weighted by molar-refractivity contribution is -0.910. The van der Waals surface area contributed by atoms with Gasteiger partial charge < -0.3 is 9.64 Å². The van der Waals surface area contributed by atoms with E-state index in [0.717, 1.165) is 36.5 Å². The fourth-order valence-corrected chi connectivity index (χ4v) is 2.91.